The fourth-order valence-corrected chi connectivity index (χ4v) is 1.46. The first-order valence-corrected chi connectivity index (χ1v) is 4.86. The summed E-state index contributed by atoms with van der Waals surface area (Å²) in [5, 5.41) is 8.33. The van der Waals surface area contributed by atoms with Crippen molar-refractivity contribution in [2.24, 2.45) is 7.05 Å². The highest BCUT2D eigenvalue weighted by Crippen LogP contribution is 2.13. The molecule has 0 radical (unpaired) electrons. The van der Waals surface area contributed by atoms with Crippen LogP contribution < -0.4 is 5.32 Å². The van der Waals surface area contributed by atoms with Crippen LogP contribution in [0.3, 0.4) is 0 Å². The predicted octanol–water partition coefficient (Wildman–Crippen LogP) is 1.14. The smallest absolute Gasteiger partial charge is 0.0691 e. The summed E-state index contributed by atoms with van der Waals surface area (Å²) in [6, 6.07) is 6.13. The van der Waals surface area contributed by atoms with Crippen LogP contribution >= 0.6 is 0 Å². The Labute approximate surface area is 89.1 Å². The summed E-state index contributed by atoms with van der Waals surface area (Å²) in [6.45, 7) is 0.712. The van der Waals surface area contributed by atoms with Crippen molar-refractivity contribution in [2.75, 3.05) is 13.6 Å². The van der Waals surface area contributed by atoms with Crippen molar-refractivity contribution < 1.29 is 0 Å². The lowest BCUT2D eigenvalue weighted by atomic mass is 10.2. The standard InChI is InChI=1S/C12H13N3/c1-13-7-3-4-10-5-6-11-9-14-15(2)12(11)8-10/h5-6,8-9,13H,7H2,1-2H3. The third-order valence-corrected chi connectivity index (χ3v) is 2.25. The van der Waals surface area contributed by atoms with Crippen LogP contribution in [0.5, 0.6) is 0 Å². The van der Waals surface area contributed by atoms with Crippen LogP contribution in [-0.2, 0) is 7.05 Å². The maximum absolute atomic E-state index is 4.19. The number of hydrogen-bond acceptors (Lipinski definition) is 2. The molecular weight excluding hydrogens is 186 g/mol. The van der Waals surface area contributed by atoms with Crippen LogP contribution in [0.2, 0.25) is 0 Å². The molecule has 1 aromatic carbocycles. The Morgan fingerprint density at radius 3 is 3.13 bits per heavy atom. The number of nitrogens with one attached hydrogen (secondary N) is 1. The molecule has 15 heavy (non-hydrogen) atoms. The van der Waals surface area contributed by atoms with Crippen molar-refractivity contribution in [3.8, 4) is 11.8 Å². The van der Waals surface area contributed by atoms with Crippen molar-refractivity contribution in [3.05, 3.63) is 30.0 Å². The summed E-state index contributed by atoms with van der Waals surface area (Å²) in [5.74, 6) is 6.14. The Balaban J connectivity index is 2.38. The first-order valence-electron chi connectivity index (χ1n) is 4.86. The summed E-state index contributed by atoms with van der Waals surface area (Å²) >= 11 is 0. The molecule has 76 valence electrons. The SMILES string of the molecule is CNCC#Cc1ccc2cnn(C)c2c1. The first kappa shape index (κ1) is 9.75. The third-order valence-electron chi connectivity index (χ3n) is 2.25. The van der Waals surface area contributed by atoms with Gasteiger partial charge in [0, 0.05) is 18.0 Å². The summed E-state index contributed by atoms with van der Waals surface area (Å²) in [5.41, 5.74) is 2.15. The lowest BCUT2D eigenvalue weighted by Gasteiger charge is -1.94. The molecule has 1 N–H and O–H groups in total. The minimum atomic E-state index is 0.712. The summed E-state index contributed by atoms with van der Waals surface area (Å²) in [7, 11) is 3.83. The van der Waals surface area contributed by atoms with Crippen molar-refractivity contribution >= 4 is 10.9 Å². The lowest BCUT2D eigenvalue weighted by molar-refractivity contribution is 0.797. The van der Waals surface area contributed by atoms with E-state index in [0.717, 1.165) is 16.5 Å². The molecule has 1 aromatic heterocycles. The van der Waals surface area contributed by atoms with Gasteiger partial charge in [0.15, 0.2) is 0 Å². The van der Waals surface area contributed by atoms with Gasteiger partial charge in [0.25, 0.3) is 0 Å². The average Bonchev–Trinajstić information content (AvgIpc) is 2.61. The predicted molar refractivity (Wildman–Crippen MR) is 61.5 cm³/mol. The van der Waals surface area contributed by atoms with E-state index in [2.05, 4.69) is 28.3 Å². The van der Waals surface area contributed by atoms with Crippen molar-refractivity contribution in [1.82, 2.24) is 15.1 Å². The normalized spacial score (nSPS) is 10.0. The molecule has 0 unspecified atom stereocenters. The third kappa shape index (κ3) is 2.00. The number of rotatable bonds is 1. The first-order chi connectivity index (χ1) is 7.31. The van der Waals surface area contributed by atoms with E-state index in [1.165, 1.54) is 0 Å². The summed E-state index contributed by atoms with van der Waals surface area (Å²) in [6.07, 6.45) is 1.86. The van der Waals surface area contributed by atoms with Gasteiger partial charge in [-0.3, -0.25) is 4.68 Å². The van der Waals surface area contributed by atoms with Gasteiger partial charge < -0.3 is 5.32 Å². The van der Waals surface area contributed by atoms with E-state index < -0.39 is 0 Å². The Hall–Kier alpha value is -1.79. The molecule has 2 rings (SSSR count). The molecule has 0 aliphatic rings. The molecule has 0 saturated carbocycles. The van der Waals surface area contributed by atoms with Gasteiger partial charge in [0.2, 0.25) is 0 Å². The van der Waals surface area contributed by atoms with Gasteiger partial charge in [-0.25, -0.2) is 0 Å². The largest absolute Gasteiger partial charge is 0.309 e. The number of aryl methyl sites for hydroxylation is 1. The Bertz CT molecular complexity index is 529. The molecule has 0 bridgehead atoms. The van der Waals surface area contributed by atoms with E-state index in [4.69, 9.17) is 0 Å². The van der Waals surface area contributed by atoms with E-state index in [0.29, 0.717) is 6.54 Å². The topological polar surface area (TPSA) is 29.9 Å². The van der Waals surface area contributed by atoms with Crippen LogP contribution in [0.4, 0.5) is 0 Å². The molecule has 3 heteroatoms. The number of benzene rings is 1. The van der Waals surface area contributed by atoms with Gasteiger partial charge in [0.05, 0.1) is 18.3 Å². The molecule has 0 atom stereocenters. The Morgan fingerprint density at radius 2 is 2.33 bits per heavy atom. The van der Waals surface area contributed by atoms with Crippen molar-refractivity contribution in [1.29, 1.82) is 0 Å². The van der Waals surface area contributed by atoms with Crippen LogP contribution in [0, 0.1) is 11.8 Å². The number of hydrogen-bond donors (Lipinski definition) is 1. The second-order valence-electron chi connectivity index (χ2n) is 3.37. The minimum Gasteiger partial charge on any atom is -0.309 e. The van der Waals surface area contributed by atoms with Gasteiger partial charge in [0.1, 0.15) is 0 Å². The number of fused-ring (bicyclic) bond motifs is 1. The molecule has 0 fully saturated rings. The van der Waals surface area contributed by atoms with Gasteiger partial charge >= 0.3 is 0 Å². The minimum absolute atomic E-state index is 0.712. The monoisotopic (exact) mass is 199 g/mol. The van der Waals surface area contributed by atoms with Crippen LogP contribution in [0.25, 0.3) is 10.9 Å². The van der Waals surface area contributed by atoms with Crippen LogP contribution in [0.1, 0.15) is 5.56 Å². The molecule has 1 heterocycles. The van der Waals surface area contributed by atoms with Gasteiger partial charge in [-0.1, -0.05) is 11.8 Å². The fourth-order valence-electron chi connectivity index (χ4n) is 1.46. The molecule has 0 aliphatic heterocycles. The van der Waals surface area contributed by atoms with E-state index in [-0.39, 0.29) is 0 Å². The zero-order valence-electron chi connectivity index (χ0n) is 8.91. The second kappa shape index (κ2) is 4.16. The van der Waals surface area contributed by atoms with Crippen molar-refractivity contribution in [2.45, 2.75) is 0 Å². The van der Waals surface area contributed by atoms with E-state index >= 15 is 0 Å². The summed E-state index contributed by atoms with van der Waals surface area (Å²) < 4.78 is 1.86. The molecule has 0 spiro atoms. The number of nitrogens with zero attached hydrogens (tertiary/aromatic N) is 2. The zero-order chi connectivity index (χ0) is 10.7. The maximum Gasteiger partial charge on any atom is 0.0691 e. The molecule has 0 saturated heterocycles. The lowest BCUT2D eigenvalue weighted by Crippen LogP contribution is -2.04. The second-order valence-corrected chi connectivity index (χ2v) is 3.37. The highest BCUT2D eigenvalue weighted by Gasteiger charge is 1.98. The quantitative estimate of drug-likeness (QED) is 0.698. The Kier molecular flexibility index (Phi) is 2.70. The van der Waals surface area contributed by atoms with E-state index in [1.807, 2.05) is 37.1 Å². The summed E-state index contributed by atoms with van der Waals surface area (Å²) in [4.78, 5) is 0. The molecule has 0 amide bonds. The van der Waals surface area contributed by atoms with E-state index in [9.17, 15) is 0 Å². The fraction of sp³-hybridized carbons (Fsp3) is 0.250. The average molecular weight is 199 g/mol. The van der Waals surface area contributed by atoms with Crippen LogP contribution in [0.15, 0.2) is 24.4 Å². The highest BCUT2D eigenvalue weighted by molar-refractivity contribution is 5.80. The van der Waals surface area contributed by atoms with Gasteiger partial charge in [-0.2, -0.15) is 5.10 Å². The highest BCUT2D eigenvalue weighted by atomic mass is 15.2. The van der Waals surface area contributed by atoms with Gasteiger partial charge in [-0.15, -0.1) is 0 Å². The number of aromatic nitrogens is 2. The van der Waals surface area contributed by atoms with Crippen molar-refractivity contribution in [3.63, 3.8) is 0 Å². The molecule has 0 aliphatic carbocycles. The van der Waals surface area contributed by atoms with E-state index in [1.54, 1.807) is 0 Å². The molecule has 3 nitrogen and oxygen atoms in total. The molecular formula is C12H13N3. The molecule has 2 aromatic rings. The van der Waals surface area contributed by atoms with Gasteiger partial charge in [-0.05, 0) is 25.2 Å². The Morgan fingerprint density at radius 1 is 1.47 bits per heavy atom. The maximum atomic E-state index is 4.19. The van der Waals surface area contributed by atoms with Crippen LogP contribution in [-0.4, -0.2) is 23.4 Å². The zero-order valence-corrected chi connectivity index (χ0v) is 8.91.